The van der Waals surface area contributed by atoms with Crippen LogP contribution in [0.3, 0.4) is 0 Å². The molecule has 0 aromatic carbocycles. The summed E-state index contributed by atoms with van der Waals surface area (Å²) in [4.78, 5) is 2.57. The number of rotatable bonds is 10. The van der Waals surface area contributed by atoms with Gasteiger partial charge in [-0.1, -0.05) is 53.9 Å². The zero-order valence-electron chi connectivity index (χ0n) is 25.7. The predicted molar refractivity (Wildman–Crippen MR) is 158 cm³/mol. The van der Waals surface area contributed by atoms with E-state index in [1.165, 1.54) is 70.8 Å². The highest BCUT2D eigenvalue weighted by Gasteiger charge is 2.62. The summed E-state index contributed by atoms with van der Waals surface area (Å²) < 4.78 is 5.54. The first-order valence-electron chi connectivity index (χ1n) is 16.9. The highest BCUT2D eigenvalue weighted by atomic mass is 16.5. The Hall–Kier alpha value is -0.160. The van der Waals surface area contributed by atoms with Crippen LogP contribution in [-0.4, -0.2) is 61.5 Å². The normalized spacial score (nSPS) is 44.4. The molecule has 0 bridgehead atoms. The first kappa shape index (κ1) is 29.3. The second-order valence-electron chi connectivity index (χ2n) is 15.6. The molecule has 0 aromatic heterocycles. The van der Waals surface area contributed by atoms with E-state index in [2.05, 4.69) is 44.8 Å². The van der Waals surface area contributed by atoms with Gasteiger partial charge in [0, 0.05) is 19.1 Å². The molecule has 0 spiro atoms. The summed E-state index contributed by atoms with van der Waals surface area (Å²) in [7, 11) is 0. The molecule has 5 rings (SSSR count). The fourth-order valence-corrected chi connectivity index (χ4v) is 11.0. The second kappa shape index (κ2) is 12.4. The van der Waals surface area contributed by atoms with Crippen LogP contribution in [0.4, 0.5) is 0 Å². The number of ether oxygens (including phenoxy) is 1. The molecule has 4 nitrogen and oxygen atoms in total. The third-order valence-electron chi connectivity index (χ3n) is 13.0. The number of aliphatic hydroxyl groups is 1. The van der Waals surface area contributed by atoms with Crippen molar-refractivity contribution in [2.45, 2.75) is 124 Å². The molecule has 0 radical (unpaired) electrons. The third-order valence-corrected chi connectivity index (χ3v) is 13.0. The number of fused-ring (bicyclic) bond motifs is 5. The first-order valence-corrected chi connectivity index (χ1v) is 16.9. The molecule has 4 saturated carbocycles. The van der Waals surface area contributed by atoms with Crippen LogP contribution in [0.5, 0.6) is 0 Å². The van der Waals surface area contributed by atoms with Crippen LogP contribution in [0.1, 0.15) is 112 Å². The Morgan fingerprint density at radius 1 is 0.868 bits per heavy atom. The van der Waals surface area contributed by atoms with Crippen LogP contribution in [0.15, 0.2) is 0 Å². The molecule has 5 fully saturated rings. The van der Waals surface area contributed by atoms with Crippen LogP contribution < -0.4 is 5.32 Å². The standard InChI is InChI=1S/C34H62N2O2/c1-24(2)8-6-9-25(3)28-10-11-29-27-23-32(35-16-7-17-36-18-20-38-21-19-36)31-22-26(37)12-14-34(31,5)30(27)13-15-33(28,29)4/h24-32,35,37H,6-23H2,1-5H3. The van der Waals surface area contributed by atoms with Gasteiger partial charge in [0.15, 0.2) is 0 Å². The van der Waals surface area contributed by atoms with Crippen molar-refractivity contribution < 1.29 is 9.84 Å². The molecule has 1 saturated heterocycles. The molecule has 220 valence electrons. The number of aliphatic hydroxyl groups excluding tert-OH is 1. The van der Waals surface area contributed by atoms with Crippen molar-refractivity contribution in [1.82, 2.24) is 10.2 Å². The van der Waals surface area contributed by atoms with Crippen LogP contribution in [-0.2, 0) is 4.74 Å². The Morgan fingerprint density at radius 2 is 1.61 bits per heavy atom. The van der Waals surface area contributed by atoms with E-state index in [4.69, 9.17) is 4.74 Å². The van der Waals surface area contributed by atoms with E-state index in [1.807, 2.05) is 0 Å². The Bertz CT molecular complexity index is 753. The van der Waals surface area contributed by atoms with Gasteiger partial charge in [0.2, 0.25) is 0 Å². The van der Waals surface area contributed by atoms with E-state index in [1.54, 1.807) is 0 Å². The molecule has 4 heteroatoms. The summed E-state index contributed by atoms with van der Waals surface area (Å²) in [5.41, 5.74) is 0.961. The van der Waals surface area contributed by atoms with Crippen molar-refractivity contribution >= 4 is 0 Å². The first-order chi connectivity index (χ1) is 18.2. The smallest absolute Gasteiger partial charge is 0.0594 e. The summed E-state index contributed by atoms with van der Waals surface area (Å²) in [5.74, 6) is 5.97. The van der Waals surface area contributed by atoms with Gasteiger partial charge in [0.05, 0.1) is 19.3 Å². The maximum Gasteiger partial charge on any atom is 0.0594 e. The third kappa shape index (κ3) is 5.90. The van der Waals surface area contributed by atoms with Gasteiger partial charge < -0.3 is 15.2 Å². The van der Waals surface area contributed by atoms with Crippen molar-refractivity contribution in [2.24, 2.45) is 52.3 Å². The fourth-order valence-electron chi connectivity index (χ4n) is 11.0. The monoisotopic (exact) mass is 530 g/mol. The van der Waals surface area contributed by atoms with E-state index >= 15 is 0 Å². The molecule has 0 amide bonds. The Morgan fingerprint density at radius 3 is 2.37 bits per heavy atom. The summed E-state index contributed by atoms with van der Waals surface area (Å²) in [6.45, 7) is 19.1. The fraction of sp³-hybridized carbons (Fsp3) is 1.00. The quantitative estimate of drug-likeness (QED) is 0.306. The number of nitrogens with zero attached hydrogens (tertiary/aromatic N) is 1. The second-order valence-corrected chi connectivity index (χ2v) is 15.6. The maximum atomic E-state index is 10.8. The van der Waals surface area contributed by atoms with E-state index in [0.29, 0.717) is 22.8 Å². The lowest BCUT2D eigenvalue weighted by molar-refractivity contribution is -0.141. The Kier molecular flexibility index (Phi) is 9.55. The van der Waals surface area contributed by atoms with E-state index in [0.717, 1.165) is 81.2 Å². The van der Waals surface area contributed by atoms with Gasteiger partial charge in [0.1, 0.15) is 0 Å². The van der Waals surface area contributed by atoms with Gasteiger partial charge >= 0.3 is 0 Å². The lowest BCUT2D eigenvalue weighted by Gasteiger charge is -2.63. The average Bonchev–Trinajstić information content (AvgIpc) is 3.25. The summed E-state index contributed by atoms with van der Waals surface area (Å²) in [6.07, 6.45) is 15.9. The number of hydrogen-bond donors (Lipinski definition) is 2. The van der Waals surface area contributed by atoms with Crippen LogP contribution >= 0.6 is 0 Å². The van der Waals surface area contributed by atoms with Crippen LogP contribution in [0.2, 0.25) is 0 Å². The SMILES string of the molecule is CC(C)CCCC(C)C1CCC2C3CC(NCCCN4CCOCC4)C4CC(O)CCC4(C)C3CCC12C. The van der Waals surface area contributed by atoms with Crippen LogP contribution in [0.25, 0.3) is 0 Å². The molecular weight excluding hydrogens is 468 g/mol. The molecule has 0 aromatic rings. The molecule has 38 heavy (non-hydrogen) atoms. The van der Waals surface area contributed by atoms with Gasteiger partial charge in [-0.05, 0) is 123 Å². The van der Waals surface area contributed by atoms with Crippen molar-refractivity contribution in [2.75, 3.05) is 39.4 Å². The van der Waals surface area contributed by atoms with Crippen molar-refractivity contribution in [3.05, 3.63) is 0 Å². The van der Waals surface area contributed by atoms with Gasteiger partial charge in [-0.3, -0.25) is 4.90 Å². The molecule has 4 aliphatic carbocycles. The predicted octanol–water partition coefficient (Wildman–Crippen LogP) is 6.76. The lowest BCUT2D eigenvalue weighted by atomic mass is 9.43. The Balaban J connectivity index is 1.26. The number of morpholine rings is 1. The minimum absolute atomic E-state index is 0.0846. The highest BCUT2D eigenvalue weighted by molar-refractivity contribution is 5.12. The maximum absolute atomic E-state index is 10.8. The molecule has 10 unspecified atom stereocenters. The van der Waals surface area contributed by atoms with E-state index in [9.17, 15) is 5.11 Å². The molecular formula is C34H62N2O2. The molecule has 1 heterocycles. The van der Waals surface area contributed by atoms with Gasteiger partial charge in [0.25, 0.3) is 0 Å². The van der Waals surface area contributed by atoms with Crippen LogP contribution in [0, 0.1) is 52.3 Å². The van der Waals surface area contributed by atoms with Gasteiger partial charge in [-0.2, -0.15) is 0 Å². The number of nitrogens with one attached hydrogen (secondary N) is 1. The molecule has 10 atom stereocenters. The Labute approximate surface area is 235 Å². The van der Waals surface area contributed by atoms with Crippen molar-refractivity contribution in [3.63, 3.8) is 0 Å². The largest absolute Gasteiger partial charge is 0.393 e. The zero-order chi connectivity index (χ0) is 26.9. The van der Waals surface area contributed by atoms with Crippen molar-refractivity contribution in [3.8, 4) is 0 Å². The minimum atomic E-state index is -0.0846. The number of hydrogen-bond acceptors (Lipinski definition) is 4. The van der Waals surface area contributed by atoms with Gasteiger partial charge in [-0.25, -0.2) is 0 Å². The summed E-state index contributed by atoms with van der Waals surface area (Å²) in [6, 6.07) is 0.589. The summed E-state index contributed by atoms with van der Waals surface area (Å²) in [5, 5.41) is 14.9. The summed E-state index contributed by atoms with van der Waals surface area (Å²) >= 11 is 0. The van der Waals surface area contributed by atoms with E-state index < -0.39 is 0 Å². The highest BCUT2D eigenvalue weighted by Crippen LogP contribution is 2.68. The molecule has 5 aliphatic rings. The molecule has 2 N–H and O–H groups in total. The van der Waals surface area contributed by atoms with Crippen molar-refractivity contribution in [1.29, 1.82) is 0 Å². The minimum Gasteiger partial charge on any atom is -0.393 e. The van der Waals surface area contributed by atoms with Gasteiger partial charge in [-0.15, -0.1) is 0 Å². The van der Waals surface area contributed by atoms with E-state index in [-0.39, 0.29) is 6.10 Å². The molecule has 1 aliphatic heterocycles. The topological polar surface area (TPSA) is 44.7 Å². The lowest BCUT2D eigenvalue weighted by Crippen LogP contribution is -2.61. The zero-order valence-corrected chi connectivity index (χ0v) is 25.7. The average molecular weight is 531 g/mol.